The van der Waals surface area contributed by atoms with Gasteiger partial charge in [0, 0.05) is 25.1 Å². The van der Waals surface area contributed by atoms with E-state index in [1.807, 2.05) is 36.1 Å². The molecule has 1 aromatic rings. The van der Waals surface area contributed by atoms with Crippen LogP contribution in [0.15, 0.2) is 24.3 Å². The van der Waals surface area contributed by atoms with Crippen LogP contribution in [0.25, 0.3) is 0 Å². The summed E-state index contributed by atoms with van der Waals surface area (Å²) < 4.78 is 0. The molecule has 2 amide bonds. The van der Waals surface area contributed by atoms with E-state index < -0.39 is 0 Å². The Morgan fingerprint density at radius 2 is 2.00 bits per heavy atom. The minimum atomic E-state index is -0.257. The monoisotopic (exact) mass is 274 g/mol. The van der Waals surface area contributed by atoms with Gasteiger partial charge in [0.15, 0.2) is 0 Å². The van der Waals surface area contributed by atoms with Gasteiger partial charge in [-0.05, 0) is 44.2 Å². The normalized spacial score (nSPS) is 18.9. The first-order chi connectivity index (χ1) is 9.56. The lowest BCUT2D eigenvalue weighted by Gasteiger charge is -2.32. The second-order valence-corrected chi connectivity index (χ2v) is 5.63. The molecule has 1 unspecified atom stereocenters. The number of piperidine rings is 1. The second kappa shape index (κ2) is 6.55. The molecule has 0 saturated carbocycles. The number of carbonyl (C=O) groups is 2. The number of hydrogen-bond donors (Lipinski definition) is 1. The Kier molecular flexibility index (Phi) is 4.77. The van der Waals surface area contributed by atoms with Gasteiger partial charge in [-0.2, -0.15) is 0 Å². The third-order valence-corrected chi connectivity index (χ3v) is 3.90. The first kappa shape index (κ1) is 14.6. The smallest absolute Gasteiger partial charge is 0.253 e. The Bertz CT molecular complexity index is 482. The summed E-state index contributed by atoms with van der Waals surface area (Å²) in [5.74, 6) is 0.228. The van der Waals surface area contributed by atoms with Crippen molar-refractivity contribution in [1.29, 1.82) is 0 Å². The van der Waals surface area contributed by atoms with Crippen molar-refractivity contribution < 1.29 is 9.59 Å². The van der Waals surface area contributed by atoms with Gasteiger partial charge in [0.1, 0.15) is 0 Å². The van der Waals surface area contributed by atoms with Crippen LogP contribution in [0.4, 0.5) is 0 Å². The average Bonchev–Trinajstić information content (AvgIpc) is 2.45. The molecule has 0 aliphatic carbocycles. The zero-order chi connectivity index (χ0) is 14.5. The summed E-state index contributed by atoms with van der Waals surface area (Å²) in [6, 6.07) is 7.68. The summed E-state index contributed by atoms with van der Waals surface area (Å²) in [6.07, 6.45) is 3.27. The van der Waals surface area contributed by atoms with Gasteiger partial charge in [-0.3, -0.25) is 9.59 Å². The minimum Gasteiger partial charge on any atom is -0.370 e. The third-order valence-electron chi connectivity index (χ3n) is 3.90. The van der Waals surface area contributed by atoms with E-state index in [9.17, 15) is 9.59 Å². The first-order valence-corrected chi connectivity index (χ1v) is 7.20. The van der Waals surface area contributed by atoms with Crippen molar-refractivity contribution in [2.24, 2.45) is 11.7 Å². The maximum atomic E-state index is 12.4. The molecule has 0 bridgehead atoms. The zero-order valence-electron chi connectivity index (χ0n) is 12.0. The Morgan fingerprint density at radius 3 is 2.65 bits per heavy atom. The van der Waals surface area contributed by atoms with E-state index in [4.69, 9.17) is 5.73 Å². The summed E-state index contributed by atoms with van der Waals surface area (Å²) in [5.41, 5.74) is 7.08. The Labute approximate surface area is 119 Å². The highest BCUT2D eigenvalue weighted by atomic mass is 16.2. The van der Waals surface area contributed by atoms with Gasteiger partial charge in [0.2, 0.25) is 5.91 Å². The predicted molar refractivity (Wildman–Crippen MR) is 78.2 cm³/mol. The number of nitrogens with two attached hydrogens (primary N) is 1. The van der Waals surface area contributed by atoms with Gasteiger partial charge >= 0.3 is 0 Å². The van der Waals surface area contributed by atoms with E-state index in [1.165, 1.54) is 0 Å². The summed E-state index contributed by atoms with van der Waals surface area (Å²) in [6.45, 7) is 3.55. The van der Waals surface area contributed by atoms with Crippen LogP contribution in [-0.4, -0.2) is 29.8 Å². The fourth-order valence-corrected chi connectivity index (χ4v) is 2.71. The lowest BCUT2D eigenvalue weighted by molar-refractivity contribution is -0.118. The number of likely N-dealkylation sites (tertiary alicyclic amines) is 1. The fraction of sp³-hybridized carbons (Fsp3) is 0.500. The molecule has 1 aliphatic heterocycles. The summed E-state index contributed by atoms with van der Waals surface area (Å²) >= 11 is 0. The molecule has 1 aromatic carbocycles. The van der Waals surface area contributed by atoms with Crippen LogP contribution >= 0.6 is 0 Å². The van der Waals surface area contributed by atoms with Crippen molar-refractivity contribution >= 4 is 11.8 Å². The van der Waals surface area contributed by atoms with Crippen molar-refractivity contribution in [3.05, 3.63) is 35.4 Å². The molecule has 1 heterocycles. The summed E-state index contributed by atoms with van der Waals surface area (Å²) in [4.78, 5) is 25.2. The zero-order valence-corrected chi connectivity index (χ0v) is 12.0. The number of rotatable bonds is 4. The molecule has 4 heteroatoms. The minimum absolute atomic E-state index is 0.0915. The van der Waals surface area contributed by atoms with Crippen LogP contribution in [0.3, 0.4) is 0 Å². The van der Waals surface area contributed by atoms with Crippen LogP contribution in [0, 0.1) is 12.8 Å². The SMILES string of the molecule is Cc1ccc(C(=O)N2CCCC(CCC(N)=O)C2)cc1. The standard InChI is InChI=1S/C16H22N2O2/c1-12-4-7-14(8-5-12)16(20)18-10-2-3-13(11-18)6-9-15(17)19/h4-5,7-8,13H,2-3,6,9-11H2,1H3,(H2,17,19). The van der Waals surface area contributed by atoms with Crippen LogP contribution in [0.2, 0.25) is 0 Å². The van der Waals surface area contributed by atoms with Crippen molar-refractivity contribution in [2.45, 2.75) is 32.6 Å². The van der Waals surface area contributed by atoms with Crippen LogP contribution in [0.5, 0.6) is 0 Å². The van der Waals surface area contributed by atoms with Gasteiger partial charge in [0.05, 0.1) is 0 Å². The van der Waals surface area contributed by atoms with E-state index in [2.05, 4.69) is 0 Å². The number of benzene rings is 1. The van der Waals surface area contributed by atoms with Gasteiger partial charge < -0.3 is 10.6 Å². The molecule has 2 N–H and O–H groups in total. The molecule has 1 atom stereocenters. The van der Waals surface area contributed by atoms with Gasteiger partial charge in [-0.15, -0.1) is 0 Å². The van der Waals surface area contributed by atoms with Crippen molar-refractivity contribution in [3.63, 3.8) is 0 Å². The van der Waals surface area contributed by atoms with Gasteiger partial charge in [-0.25, -0.2) is 0 Å². The Hall–Kier alpha value is -1.84. The number of hydrogen-bond acceptors (Lipinski definition) is 2. The van der Waals surface area contributed by atoms with Crippen molar-refractivity contribution in [2.75, 3.05) is 13.1 Å². The highest BCUT2D eigenvalue weighted by Gasteiger charge is 2.24. The largest absolute Gasteiger partial charge is 0.370 e. The lowest BCUT2D eigenvalue weighted by Crippen LogP contribution is -2.40. The number of aryl methyl sites for hydroxylation is 1. The van der Waals surface area contributed by atoms with E-state index in [-0.39, 0.29) is 11.8 Å². The maximum Gasteiger partial charge on any atom is 0.253 e. The van der Waals surface area contributed by atoms with Gasteiger partial charge in [0.25, 0.3) is 5.91 Å². The average molecular weight is 274 g/mol. The van der Waals surface area contributed by atoms with E-state index >= 15 is 0 Å². The van der Waals surface area contributed by atoms with Crippen molar-refractivity contribution in [3.8, 4) is 0 Å². The molecule has 0 spiro atoms. The van der Waals surface area contributed by atoms with Crippen LogP contribution in [-0.2, 0) is 4.79 Å². The molecule has 0 radical (unpaired) electrons. The molecule has 20 heavy (non-hydrogen) atoms. The highest BCUT2D eigenvalue weighted by molar-refractivity contribution is 5.94. The quantitative estimate of drug-likeness (QED) is 0.914. The first-order valence-electron chi connectivity index (χ1n) is 7.20. The maximum absolute atomic E-state index is 12.4. The van der Waals surface area contributed by atoms with Crippen LogP contribution in [0.1, 0.15) is 41.6 Å². The van der Waals surface area contributed by atoms with Crippen molar-refractivity contribution in [1.82, 2.24) is 4.90 Å². The topological polar surface area (TPSA) is 63.4 Å². The number of carbonyl (C=O) groups excluding carboxylic acids is 2. The van der Waals surface area contributed by atoms with Crippen LogP contribution < -0.4 is 5.73 Å². The molecule has 108 valence electrons. The molecular weight excluding hydrogens is 252 g/mol. The second-order valence-electron chi connectivity index (χ2n) is 5.63. The third kappa shape index (κ3) is 3.83. The summed E-state index contributed by atoms with van der Waals surface area (Å²) in [7, 11) is 0. The number of amides is 2. The molecular formula is C16H22N2O2. The molecule has 4 nitrogen and oxygen atoms in total. The van der Waals surface area contributed by atoms with Gasteiger partial charge in [-0.1, -0.05) is 17.7 Å². The molecule has 1 saturated heterocycles. The molecule has 2 rings (SSSR count). The number of nitrogens with zero attached hydrogens (tertiary/aromatic N) is 1. The highest BCUT2D eigenvalue weighted by Crippen LogP contribution is 2.22. The van der Waals surface area contributed by atoms with E-state index in [0.717, 1.165) is 43.5 Å². The summed E-state index contributed by atoms with van der Waals surface area (Å²) in [5, 5.41) is 0. The molecule has 1 aliphatic rings. The molecule has 1 fully saturated rings. The van der Waals surface area contributed by atoms with E-state index in [0.29, 0.717) is 12.3 Å². The molecule has 0 aromatic heterocycles. The Morgan fingerprint density at radius 1 is 1.30 bits per heavy atom. The fourth-order valence-electron chi connectivity index (χ4n) is 2.71. The van der Waals surface area contributed by atoms with E-state index in [1.54, 1.807) is 0 Å². The number of primary amides is 1. The Balaban J connectivity index is 1.96. The lowest BCUT2D eigenvalue weighted by atomic mass is 9.93. The predicted octanol–water partition coefficient (Wildman–Crippen LogP) is 2.11.